The van der Waals surface area contributed by atoms with Crippen LogP contribution in [0.4, 0.5) is 0 Å². The highest BCUT2D eigenvalue weighted by Crippen LogP contribution is 2.23. The summed E-state index contributed by atoms with van der Waals surface area (Å²) in [6.07, 6.45) is 6.60. The van der Waals surface area contributed by atoms with Gasteiger partial charge < -0.3 is 10.1 Å². The van der Waals surface area contributed by atoms with Crippen LogP contribution < -0.4 is 10.1 Å². The van der Waals surface area contributed by atoms with Crippen molar-refractivity contribution in [3.63, 3.8) is 0 Å². The Hall–Kier alpha value is -1.02. The second-order valence-corrected chi connectivity index (χ2v) is 6.37. The fraction of sp³-hybridized carbons (Fsp3) is 0.667. The molecule has 0 aliphatic heterocycles. The Labute approximate surface area is 123 Å². The highest BCUT2D eigenvalue weighted by Gasteiger charge is 2.13. The Kier molecular flexibility index (Phi) is 5.90. The zero-order chi connectivity index (χ0) is 14.4. The van der Waals surface area contributed by atoms with Crippen LogP contribution in [0.15, 0.2) is 18.2 Å². The number of aryl methyl sites for hydroxylation is 1. The van der Waals surface area contributed by atoms with E-state index in [9.17, 15) is 0 Å². The lowest BCUT2D eigenvalue weighted by Crippen LogP contribution is -2.27. The molecular weight excluding hydrogens is 246 g/mol. The minimum absolute atomic E-state index is 0.557. The van der Waals surface area contributed by atoms with Gasteiger partial charge in [-0.3, -0.25) is 0 Å². The van der Waals surface area contributed by atoms with Crippen molar-refractivity contribution in [3.8, 4) is 5.75 Å². The van der Waals surface area contributed by atoms with E-state index in [1.54, 1.807) is 0 Å². The lowest BCUT2D eigenvalue weighted by Gasteiger charge is -2.13. The zero-order valence-electron chi connectivity index (χ0n) is 13.2. The van der Waals surface area contributed by atoms with E-state index in [-0.39, 0.29) is 0 Å². The molecule has 20 heavy (non-hydrogen) atoms. The Morgan fingerprint density at radius 3 is 2.65 bits per heavy atom. The summed E-state index contributed by atoms with van der Waals surface area (Å²) >= 11 is 0. The first-order chi connectivity index (χ1) is 9.65. The summed E-state index contributed by atoms with van der Waals surface area (Å²) in [6, 6.07) is 7.33. The minimum Gasteiger partial charge on any atom is -0.494 e. The summed E-state index contributed by atoms with van der Waals surface area (Å²) in [5.74, 6) is 1.58. The largest absolute Gasteiger partial charge is 0.494 e. The fourth-order valence-electron chi connectivity index (χ4n) is 2.89. The molecule has 0 radical (unpaired) electrons. The van der Waals surface area contributed by atoms with Crippen molar-refractivity contribution in [3.05, 3.63) is 29.3 Å². The van der Waals surface area contributed by atoms with E-state index in [1.807, 2.05) is 0 Å². The molecule has 1 saturated carbocycles. The van der Waals surface area contributed by atoms with Crippen molar-refractivity contribution < 1.29 is 4.74 Å². The molecule has 1 aromatic carbocycles. The maximum absolute atomic E-state index is 5.90. The molecule has 1 N–H and O–H groups in total. The Balaban J connectivity index is 1.70. The second-order valence-electron chi connectivity index (χ2n) is 6.37. The maximum atomic E-state index is 5.90. The predicted octanol–water partition coefficient (Wildman–Crippen LogP) is 4.42. The lowest BCUT2D eigenvalue weighted by atomic mass is 10.0. The summed E-state index contributed by atoms with van der Waals surface area (Å²) in [7, 11) is 0. The number of nitrogens with one attached hydrogen (secondary N) is 1. The van der Waals surface area contributed by atoms with Crippen LogP contribution in [0.3, 0.4) is 0 Å². The SMILES string of the molecule is Cc1cc(OCCCNC2CCCC2)cc(C(C)C)c1. The van der Waals surface area contributed by atoms with Crippen LogP contribution in [0.2, 0.25) is 0 Å². The lowest BCUT2D eigenvalue weighted by molar-refractivity contribution is 0.304. The molecule has 1 aromatic rings. The number of ether oxygens (including phenoxy) is 1. The molecule has 1 fully saturated rings. The fourth-order valence-corrected chi connectivity index (χ4v) is 2.89. The van der Waals surface area contributed by atoms with E-state index in [1.165, 1.54) is 36.8 Å². The van der Waals surface area contributed by atoms with E-state index in [0.29, 0.717) is 5.92 Å². The van der Waals surface area contributed by atoms with Crippen LogP contribution in [0, 0.1) is 6.92 Å². The summed E-state index contributed by atoms with van der Waals surface area (Å²) in [6.45, 7) is 8.47. The zero-order valence-corrected chi connectivity index (χ0v) is 13.2. The third-order valence-electron chi connectivity index (χ3n) is 4.12. The van der Waals surface area contributed by atoms with E-state index in [4.69, 9.17) is 4.74 Å². The van der Waals surface area contributed by atoms with Gasteiger partial charge in [-0.05, 0) is 61.9 Å². The van der Waals surface area contributed by atoms with Gasteiger partial charge in [-0.1, -0.05) is 32.8 Å². The molecule has 0 amide bonds. The van der Waals surface area contributed by atoms with Gasteiger partial charge in [0.1, 0.15) is 5.75 Å². The van der Waals surface area contributed by atoms with Gasteiger partial charge in [0.25, 0.3) is 0 Å². The molecule has 1 aliphatic rings. The molecule has 0 atom stereocenters. The van der Waals surface area contributed by atoms with Crippen LogP contribution in [-0.2, 0) is 0 Å². The van der Waals surface area contributed by atoms with E-state index >= 15 is 0 Å². The third kappa shape index (κ3) is 4.82. The molecule has 0 spiro atoms. The molecule has 2 heteroatoms. The second kappa shape index (κ2) is 7.68. The van der Waals surface area contributed by atoms with Crippen molar-refractivity contribution in [2.75, 3.05) is 13.2 Å². The van der Waals surface area contributed by atoms with Gasteiger partial charge in [-0.25, -0.2) is 0 Å². The van der Waals surface area contributed by atoms with Gasteiger partial charge in [0.15, 0.2) is 0 Å². The van der Waals surface area contributed by atoms with E-state index < -0.39 is 0 Å². The topological polar surface area (TPSA) is 21.3 Å². The van der Waals surface area contributed by atoms with Crippen LogP contribution in [-0.4, -0.2) is 19.2 Å². The monoisotopic (exact) mass is 275 g/mol. The van der Waals surface area contributed by atoms with Gasteiger partial charge in [0.05, 0.1) is 6.61 Å². The molecule has 0 unspecified atom stereocenters. The summed E-state index contributed by atoms with van der Waals surface area (Å²) in [5.41, 5.74) is 2.65. The number of rotatable bonds is 7. The van der Waals surface area contributed by atoms with E-state index in [2.05, 4.69) is 44.3 Å². The molecule has 0 saturated heterocycles. The molecule has 112 valence electrons. The quantitative estimate of drug-likeness (QED) is 0.744. The minimum atomic E-state index is 0.557. The number of hydrogen-bond donors (Lipinski definition) is 1. The van der Waals surface area contributed by atoms with Crippen LogP contribution in [0.1, 0.15) is 63.0 Å². The average Bonchev–Trinajstić information content (AvgIpc) is 2.91. The third-order valence-corrected chi connectivity index (χ3v) is 4.12. The van der Waals surface area contributed by atoms with Crippen LogP contribution in [0.25, 0.3) is 0 Å². The summed E-state index contributed by atoms with van der Waals surface area (Å²) in [5, 5.41) is 3.63. The first-order valence-corrected chi connectivity index (χ1v) is 8.13. The number of hydrogen-bond acceptors (Lipinski definition) is 2. The highest BCUT2D eigenvalue weighted by molar-refractivity contribution is 5.35. The van der Waals surface area contributed by atoms with Gasteiger partial charge in [-0.2, -0.15) is 0 Å². The normalized spacial score (nSPS) is 16.0. The predicted molar refractivity (Wildman–Crippen MR) is 85.6 cm³/mol. The van der Waals surface area contributed by atoms with Crippen LogP contribution >= 0.6 is 0 Å². The summed E-state index contributed by atoms with van der Waals surface area (Å²) < 4.78 is 5.90. The van der Waals surface area contributed by atoms with Gasteiger partial charge in [-0.15, -0.1) is 0 Å². The maximum Gasteiger partial charge on any atom is 0.119 e. The molecule has 1 aliphatic carbocycles. The average molecular weight is 275 g/mol. The van der Waals surface area contributed by atoms with Crippen molar-refractivity contribution in [2.45, 2.75) is 64.8 Å². The van der Waals surface area contributed by atoms with Gasteiger partial charge in [0.2, 0.25) is 0 Å². The van der Waals surface area contributed by atoms with Crippen molar-refractivity contribution >= 4 is 0 Å². The molecular formula is C18H29NO. The van der Waals surface area contributed by atoms with Gasteiger partial charge in [0, 0.05) is 6.04 Å². The number of benzene rings is 1. The highest BCUT2D eigenvalue weighted by atomic mass is 16.5. The molecule has 0 aromatic heterocycles. The Morgan fingerprint density at radius 1 is 1.20 bits per heavy atom. The Morgan fingerprint density at radius 2 is 1.95 bits per heavy atom. The smallest absolute Gasteiger partial charge is 0.119 e. The Bertz CT molecular complexity index is 408. The van der Waals surface area contributed by atoms with Crippen molar-refractivity contribution in [2.24, 2.45) is 0 Å². The first-order valence-electron chi connectivity index (χ1n) is 8.13. The van der Waals surface area contributed by atoms with Crippen molar-refractivity contribution in [1.29, 1.82) is 0 Å². The molecule has 0 bridgehead atoms. The van der Waals surface area contributed by atoms with Crippen LogP contribution in [0.5, 0.6) is 5.75 Å². The molecule has 0 heterocycles. The van der Waals surface area contributed by atoms with Gasteiger partial charge >= 0.3 is 0 Å². The van der Waals surface area contributed by atoms with Crippen molar-refractivity contribution in [1.82, 2.24) is 5.32 Å². The molecule has 2 nitrogen and oxygen atoms in total. The standard InChI is InChI=1S/C18H29NO/c1-14(2)16-11-15(3)12-18(13-16)20-10-6-9-19-17-7-4-5-8-17/h11-14,17,19H,4-10H2,1-3H3. The van der Waals surface area contributed by atoms with E-state index in [0.717, 1.165) is 31.4 Å². The first kappa shape index (κ1) is 15.4. The summed E-state index contributed by atoms with van der Waals surface area (Å²) in [4.78, 5) is 0. The molecule has 2 rings (SSSR count).